The van der Waals surface area contributed by atoms with Crippen LogP contribution < -0.4 is 0 Å². The van der Waals surface area contributed by atoms with Gasteiger partial charge in [-0.25, -0.2) is 18.0 Å². The molecule has 0 amide bonds. The predicted molar refractivity (Wildman–Crippen MR) is 103 cm³/mol. The van der Waals surface area contributed by atoms with Crippen LogP contribution in [-0.2, 0) is 16.5 Å². The Labute approximate surface area is 160 Å². The summed E-state index contributed by atoms with van der Waals surface area (Å²) in [6, 6.07) is 14.7. The summed E-state index contributed by atoms with van der Waals surface area (Å²) in [6.07, 6.45) is 0. The van der Waals surface area contributed by atoms with Gasteiger partial charge in [-0.2, -0.15) is 0 Å². The van der Waals surface area contributed by atoms with Crippen molar-refractivity contribution in [1.29, 1.82) is 0 Å². The third kappa shape index (κ3) is 4.24. The molecule has 0 aliphatic heterocycles. The first-order valence-corrected chi connectivity index (χ1v) is 9.95. The van der Waals surface area contributed by atoms with E-state index >= 15 is 0 Å². The van der Waals surface area contributed by atoms with E-state index in [2.05, 4.69) is 0 Å². The highest BCUT2D eigenvalue weighted by Crippen LogP contribution is 2.39. The Balaban J connectivity index is 2.06. The maximum atomic E-state index is 11.4. The van der Waals surface area contributed by atoms with Crippen LogP contribution in [0.1, 0.15) is 25.6 Å². The monoisotopic (exact) mass is 402 g/mol. The Morgan fingerprint density at radius 1 is 0.852 bits per heavy atom. The molecule has 2 N–H and O–H groups in total. The Morgan fingerprint density at radius 3 is 1.96 bits per heavy atom. The first-order chi connectivity index (χ1) is 12.8. The summed E-state index contributed by atoms with van der Waals surface area (Å²) in [7, 11) is -2.52. The molecular formula is C19H14O6S2. The number of carbonyl (C=O) groups is 2. The van der Waals surface area contributed by atoms with Crippen molar-refractivity contribution in [3.8, 4) is 21.6 Å². The first kappa shape index (κ1) is 18.8. The van der Waals surface area contributed by atoms with Crippen LogP contribution in [-0.4, -0.2) is 30.6 Å². The van der Waals surface area contributed by atoms with Crippen molar-refractivity contribution in [2.24, 2.45) is 0 Å². The van der Waals surface area contributed by atoms with Gasteiger partial charge in [-0.1, -0.05) is 36.4 Å². The Kier molecular flexibility index (Phi) is 5.38. The second kappa shape index (κ2) is 7.73. The number of carboxylic acids is 2. The summed E-state index contributed by atoms with van der Waals surface area (Å²) in [6.45, 7) is 0. The van der Waals surface area contributed by atoms with E-state index in [-0.39, 0.29) is 16.2 Å². The van der Waals surface area contributed by atoms with E-state index < -0.39 is 22.6 Å². The Hall–Kier alpha value is -2.97. The number of rotatable bonds is 6. The summed E-state index contributed by atoms with van der Waals surface area (Å²) < 4.78 is 21.7. The van der Waals surface area contributed by atoms with Gasteiger partial charge in [0.1, 0.15) is 15.6 Å². The highest BCUT2D eigenvalue weighted by atomic mass is 32.2. The highest BCUT2D eigenvalue weighted by Gasteiger charge is 2.17. The van der Waals surface area contributed by atoms with Crippen LogP contribution in [0.2, 0.25) is 0 Å². The lowest BCUT2D eigenvalue weighted by atomic mass is 10.0. The fourth-order valence-corrected chi connectivity index (χ4v) is 4.16. The van der Waals surface area contributed by atoms with Gasteiger partial charge in [0.25, 0.3) is 0 Å². The predicted octanol–water partition coefficient (Wildman–Crippen LogP) is 3.59. The van der Waals surface area contributed by atoms with Gasteiger partial charge in [0.15, 0.2) is 0 Å². The van der Waals surface area contributed by atoms with E-state index in [4.69, 9.17) is 5.11 Å². The lowest BCUT2D eigenvalue weighted by Crippen LogP contribution is -1.94. The molecule has 0 bridgehead atoms. The maximum absolute atomic E-state index is 11.4. The summed E-state index contributed by atoms with van der Waals surface area (Å²) in [5.74, 6) is -2.13. The molecule has 0 aliphatic carbocycles. The molecule has 1 aromatic heterocycles. The van der Waals surface area contributed by atoms with E-state index in [9.17, 15) is 23.1 Å². The number of hydrogen-bond acceptors (Lipinski definition) is 5. The molecule has 27 heavy (non-hydrogen) atoms. The van der Waals surface area contributed by atoms with Gasteiger partial charge in [-0.05, 0) is 34.9 Å². The molecule has 2 aromatic carbocycles. The molecule has 138 valence electrons. The second-order valence-corrected chi connectivity index (χ2v) is 7.76. The molecule has 0 saturated heterocycles. The summed E-state index contributed by atoms with van der Waals surface area (Å²) in [4.78, 5) is 23.3. The summed E-state index contributed by atoms with van der Waals surface area (Å²) in [5.41, 5.74) is 2.95. The van der Waals surface area contributed by atoms with Gasteiger partial charge in [0.05, 0.1) is 11.3 Å². The zero-order valence-corrected chi connectivity index (χ0v) is 15.5. The average Bonchev–Trinajstić information content (AvgIpc) is 3.07. The van der Waals surface area contributed by atoms with Crippen molar-refractivity contribution >= 4 is 34.0 Å². The SMILES string of the molecule is O=C(O)c1ccc(-c2sc(C(=O)O)cc2-c2ccc(C[SH](=O)=O)cc2)cc1. The molecule has 1 heterocycles. The largest absolute Gasteiger partial charge is 0.478 e. The van der Waals surface area contributed by atoms with Crippen molar-refractivity contribution in [2.75, 3.05) is 0 Å². The van der Waals surface area contributed by atoms with E-state index in [0.717, 1.165) is 16.9 Å². The molecule has 0 aliphatic rings. The smallest absolute Gasteiger partial charge is 0.345 e. The Bertz CT molecular complexity index is 1070. The van der Waals surface area contributed by atoms with Gasteiger partial charge >= 0.3 is 11.9 Å². The van der Waals surface area contributed by atoms with Gasteiger partial charge in [-0.3, -0.25) is 0 Å². The molecule has 0 unspecified atom stereocenters. The lowest BCUT2D eigenvalue weighted by Gasteiger charge is -2.06. The number of benzene rings is 2. The first-order valence-electron chi connectivity index (χ1n) is 7.77. The topological polar surface area (TPSA) is 109 Å². The molecule has 8 heteroatoms. The highest BCUT2D eigenvalue weighted by molar-refractivity contribution is 7.71. The third-order valence-electron chi connectivity index (χ3n) is 3.91. The zero-order chi connectivity index (χ0) is 19.6. The second-order valence-electron chi connectivity index (χ2n) is 5.73. The minimum Gasteiger partial charge on any atom is -0.478 e. The fraction of sp³-hybridized carbons (Fsp3) is 0.0526. The van der Waals surface area contributed by atoms with Crippen molar-refractivity contribution < 1.29 is 28.2 Å². The van der Waals surface area contributed by atoms with Crippen LogP contribution in [0.4, 0.5) is 0 Å². The van der Waals surface area contributed by atoms with Gasteiger partial charge < -0.3 is 10.2 Å². The molecule has 6 nitrogen and oxygen atoms in total. The average molecular weight is 402 g/mol. The molecule has 3 rings (SSSR count). The van der Waals surface area contributed by atoms with Gasteiger partial charge in [0.2, 0.25) is 0 Å². The van der Waals surface area contributed by atoms with E-state index in [1.807, 2.05) is 0 Å². The number of hydrogen-bond donors (Lipinski definition) is 3. The molecule has 0 atom stereocenters. The number of carboxylic acid groups (broad SMARTS) is 2. The van der Waals surface area contributed by atoms with Gasteiger partial charge in [-0.15, -0.1) is 11.3 Å². The Morgan fingerprint density at radius 2 is 1.44 bits per heavy atom. The quantitative estimate of drug-likeness (QED) is 0.544. The van der Waals surface area contributed by atoms with Gasteiger partial charge in [0, 0.05) is 10.4 Å². The van der Waals surface area contributed by atoms with Crippen molar-refractivity contribution in [1.82, 2.24) is 0 Å². The van der Waals surface area contributed by atoms with E-state index in [1.54, 1.807) is 42.5 Å². The minimum absolute atomic E-state index is 0.0524. The van der Waals surface area contributed by atoms with Crippen molar-refractivity contribution in [3.05, 3.63) is 70.6 Å². The maximum Gasteiger partial charge on any atom is 0.345 e. The van der Waals surface area contributed by atoms with Crippen LogP contribution in [0.5, 0.6) is 0 Å². The van der Waals surface area contributed by atoms with Crippen LogP contribution in [0.25, 0.3) is 21.6 Å². The molecule has 3 aromatic rings. The molecule has 0 saturated carbocycles. The van der Waals surface area contributed by atoms with Crippen molar-refractivity contribution in [3.63, 3.8) is 0 Å². The molecular weight excluding hydrogens is 388 g/mol. The van der Waals surface area contributed by atoms with Crippen LogP contribution in [0.3, 0.4) is 0 Å². The summed E-state index contributed by atoms with van der Waals surface area (Å²) >= 11 is 1.10. The standard InChI is InChI=1S/C19H14O6S2/c20-18(21)14-7-5-13(6-8-14)17-15(9-16(26-17)19(22)23)12-3-1-11(2-4-12)10-27(24)25/h1-9,27H,10H2,(H,20,21)(H,22,23). The number of thiol groups is 1. The van der Waals surface area contributed by atoms with E-state index in [0.29, 0.717) is 21.6 Å². The number of thiophene rings is 1. The third-order valence-corrected chi connectivity index (χ3v) is 5.71. The zero-order valence-electron chi connectivity index (χ0n) is 13.8. The normalized spacial score (nSPS) is 10.9. The van der Waals surface area contributed by atoms with Crippen LogP contribution in [0, 0.1) is 0 Å². The van der Waals surface area contributed by atoms with Crippen LogP contribution >= 0.6 is 11.3 Å². The minimum atomic E-state index is -2.52. The molecule has 0 radical (unpaired) electrons. The van der Waals surface area contributed by atoms with E-state index in [1.165, 1.54) is 12.1 Å². The summed E-state index contributed by atoms with van der Waals surface area (Å²) in [5, 5.41) is 18.4. The number of aromatic carboxylic acids is 2. The fourth-order valence-electron chi connectivity index (χ4n) is 2.63. The van der Waals surface area contributed by atoms with Crippen LogP contribution in [0.15, 0.2) is 54.6 Å². The molecule has 0 spiro atoms. The lowest BCUT2D eigenvalue weighted by molar-refractivity contribution is 0.0688. The van der Waals surface area contributed by atoms with Crippen molar-refractivity contribution in [2.45, 2.75) is 5.75 Å². The molecule has 0 fully saturated rings.